The van der Waals surface area contributed by atoms with Gasteiger partial charge in [-0.15, -0.1) is 11.3 Å². The molecule has 3 heterocycles. The number of thiophene rings is 1. The van der Waals surface area contributed by atoms with Crippen LogP contribution in [0.4, 0.5) is 0 Å². The van der Waals surface area contributed by atoms with Gasteiger partial charge in [-0.2, -0.15) is 4.31 Å². The Morgan fingerprint density at radius 3 is 2.42 bits per heavy atom. The summed E-state index contributed by atoms with van der Waals surface area (Å²) in [6.45, 7) is 0.524. The number of amides is 1. The van der Waals surface area contributed by atoms with Gasteiger partial charge in [0.15, 0.2) is 0 Å². The molecule has 192 valence electrons. The van der Waals surface area contributed by atoms with Gasteiger partial charge in [0.1, 0.15) is 10.3 Å². The molecule has 7 rings (SSSR count). The highest BCUT2D eigenvalue weighted by molar-refractivity contribution is 7.91. The number of carbonyl (C=O) groups excluding carboxylic acids is 2. The van der Waals surface area contributed by atoms with Crippen molar-refractivity contribution in [1.29, 1.82) is 0 Å². The molecule has 4 saturated carbocycles. The van der Waals surface area contributed by atoms with Crippen LogP contribution in [0.1, 0.15) is 44.9 Å². The van der Waals surface area contributed by atoms with Crippen LogP contribution in [0.3, 0.4) is 0 Å². The first-order valence-corrected chi connectivity index (χ1v) is 15.0. The fraction of sp³-hybridized carbons (Fsp3) is 0.577. The molecular weight excluding hydrogens is 498 g/mol. The van der Waals surface area contributed by atoms with E-state index in [0.29, 0.717) is 24.7 Å². The highest BCUT2D eigenvalue weighted by atomic mass is 32.2. The van der Waals surface area contributed by atoms with Crippen LogP contribution in [0.2, 0.25) is 0 Å². The van der Waals surface area contributed by atoms with Gasteiger partial charge >= 0.3 is 5.97 Å². The number of pyridine rings is 1. The van der Waals surface area contributed by atoms with Gasteiger partial charge in [-0.1, -0.05) is 6.07 Å². The maximum Gasteiger partial charge on any atom is 0.309 e. The molecule has 1 aliphatic heterocycles. The van der Waals surface area contributed by atoms with Gasteiger partial charge in [0.2, 0.25) is 5.91 Å². The van der Waals surface area contributed by atoms with Gasteiger partial charge in [0.25, 0.3) is 10.0 Å². The largest absolute Gasteiger partial charge is 0.461 e. The lowest BCUT2D eigenvalue weighted by Crippen LogP contribution is -2.62. The average Bonchev–Trinajstić information content (AvgIpc) is 3.38. The number of ether oxygens (including phenoxy) is 1. The lowest BCUT2D eigenvalue weighted by atomic mass is 9.48. The van der Waals surface area contributed by atoms with Crippen LogP contribution in [0.25, 0.3) is 10.6 Å². The van der Waals surface area contributed by atoms with Crippen molar-refractivity contribution in [3.05, 3.63) is 36.5 Å². The van der Waals surface area contributed by atoms with Crippen LogP contribution in [-0.4, -0.2) is 48.8 Å². The Morgan fingerprint density at radius 2 is 1.78 bits per heavy atom. The van der Waals surface area contributed by atoms with Crippen LogP contribution < -0.4 is 5.73 Å². The van der Waals surface area contributed by atoms with Crippen LogP contribution in [-0.2, 0) is 24.3 Å². The maximum absolute atomic E-state index is 13.3. The Morgan fingerprint density at radius 1 is 1.06 bits per heavy atom. The maximum atomic E-state index is 13.3. The minimum atomic E-state index is -3.65. The van der Waals surface area contributed by atoms with E-state index in [1.54, 1.807) is 18.3 Å². The summed E-state index contributed by atoms with van der Waals surface area (Å²) in [6.07, 6.45) is 6.67. The normalized spacial score (nSPS) is 32.4. The van der Waals surface area contributed by atoms with Crippen molar-refractivity contribution in [3.8, 4) is 10.6 Å². The minimum absolute atomic E-state index is 0.209. The Bertz CT molecular complexity index is 1260. The lowest BCUT2D eigenvalue weighted by Gasteiger charge is -2.58. The van der Waals surface area contributed by atoms with Crippen LogP contribution in [0.15, 0.2) is 40.7 Å². The molecule has 1 amide bonds. The van der Waals surface area contributed by atoms with E-state index in [-0.39, 0.29) is 41.0 Å². The molecule has 4 bridgehead atoms. The van der Waals surface area contributed by atoms with Crippen LogP contribution >= 0.6 is 11.3 Å². The van der Waals surface area contributed by atoms with Gasteiger partial charge in [0, 0.05) is 19.3 Å². The van der Waals surface area contributed by atoms with Gasteiger partial charge < -0.3 is 10.5 Å². The average molecular weight is 530 g/mol. The standard InChI is InChI=1S/C26H31N3O5S2/c27-25(31)26-14-16-11-17(15-26)13-19(12-16)23(26)34-24(30)18-6-9-29(10-7-18)36(32,33)22-5-4-21(35-22)20-3-1-2-8-28-20/h1-5,8,16-19,23H,6-7,9-15H2,(H2,27,31). The smallest absolute Gasteiger partial charge is 0.309 e. The fourth-order valence-electron chi connectivity index (χ4n) is 7.33. The van der Waals surface area contributed by atoms with Crippen molar-refractivity contribution in [1.82, 2.24) is 9.29 Å². The minimum Gasteiger partial charge on any atom is -0.461 e. The Kier molecular flexibility index (Phi) is 5.96. The predicted molar refractivity (Wildman–Crippen MR) is 134 cm³/mol. The molecular formula is C26H31N3O5S2. The first-order chi connectivity index (χ1) is 17.3. The number of hydrogen-bond acceptors (Lipinski definition) is 7. The third-order valence-electron chi connectivity index (χ3n) is 8.83. The number of primary amides is 1. The molecule has 8 nitrogen and oxygen atoms in total. The molecule has 4 aliphatic carbocycles. The first-order valence-electron chi connectivity index (χ1n) is 12.8. The highest BCUT2D eigenvalue weighted by Gasteiger charge is 2.62. The zero-order chi connectivity index (χ0) is 25.1. The molecule has 0 spiro atoms. The summed E-state index contributed by atoms with van der Waals surface area (Å²) in [5.74, 6) is 0.217. The highest BCUT2D eigenvalue weighted by Crippen LogP contribution is 2.61. The Hall–Kier alpha value is -2.30. The number of carbonyl (C=O) groups is 2. The summed E-state index contributed by atoms with van der Waals surface area (Å²) in [4.78, 5) is 30.8. The summed E-state index contributed by atoms with van der Waals surface area (Å²) in [7, 11) is -3.65. The van der Waals surface area contributed by atoms with Gasteiger partial charge in [-0.3, -0.25) is 14.6 Å². The number of hydrogen-bond donors (Lipinski definition) is 1. The molecule has 3 atom stereocenters. The first kappa shape index (κ1) is 24.1. The van der Waals surface area contributed by atoms with Crippen LogP contribution in [0, 0.1) is 29.1 Å². The number of nitrogens with two attached hydrogens (primary N) is 1. The summed E-state index contributed by atoms with van der Waals surface area (Å²) in [6, 6.07) is 8.95. The predicted octanol–water partition coefficient (Wildman–Crippen LogP) is 3.43. The second-order valence-corrected chi connectivity index (χ2v) is 14.2. The van der Waals surface area contributed by atoms with Gasteiger partial charge in [0.05, 0.1) is 21.9 Å². The van der Waals surface area contributed by atoms with Crippen molar-refractivity contribution in [2.75, 3.05) is 13.1 Å². The van der Waals surface area contributed by atoms with Crippen molar-refractivity contribution in [3.63, 3.8) is 0 Å². The van der Waals surface area contributed by atoms with Crippen molar-refractivity contribution in [2.45, 2.75) is 55.3 Å². The number of piperidine rings is 1. The molecule has 36 heavy (non-hydrogen) atoms. The van der Waals surface area contributed by atoms with Crippen molar-refractivity contribution in [2.24, 2.45) is 34.8 Å². The molecule has 3 unspecified atom stereocenters. The van der Waals surface area contributed by atoms with E-state index in [1.807, 2.05) is 18.2 Å². The molecule has 10 heteroatoms. The quantitative estimate of drug-likeness (QED) is 0.573. The molecule has 2 aromatic heterocycles. The fourth-order valence-corrected chi connectivity index (χ4v) is 10.2. The summed E-state index contributed by atoms with van der Waals surface area (Å²) >= 11 is 1.20. The molecule has 2 aromatic rings. The third kappa shape index (κ3) is 3.97. The number of aromatic nitrogens is 1. The van der Waals surface area contributed by atoms with E-state index in [1.165, 1.54) is 15.6 Å². The van der Waals surface area contributed by atoms with Crippen molar-refractivity contribution >= 4 is 33.2 Å². The zero-order valence-electron chi connectivity index (χ0n) is 20.0. The monoisotopic (exact) mass is 529 g/mol. The number of esters is 1. The van der Waals surface area contributed by atoms with E-state index in [4.69, 9.17) is 10.5 Å². The van der Waals surface area contributed by atoms with E-state index in [9.17, 15) is 18.0 Å². The second kappa shape index (κ2) is 8.92. The van der Waals surface area contributed by atoms with E-state index >= 15 is 0 Å². The summed E-state index contributed by atoms with van der Waals surface area (Å²) in [5.41, 5.74) is 5.91. The molecule has 5 aliphatic rings. The third-order valence-corrected chi connectivity index (χ3v) is 12.3. The van der Waals surface area contributed by atoms with Gasteiger partial charge in [-0.25, -0.2) is 8.42 Å². The van der Waals surface area contributed by atoms with E-state index < -0.39 is 21.5 Å². The van der Waals surface area contributed by atoms with E-state index in [0.717, 1.165) is 42.7 Å². The SMILES string of the molecule is NC(=O)C12CC3CC(CC(C3)C1OC(=O)C1CCN(S(=O)(=O)c3ccc(-c4ccccn4)s3)CC1)C2. The van der Waals surface area contributed by atoms with Gasteiger partial charge in [-0.05, 0) is 87.0 Å². The topological polar surface area (TPSA) is 120 Å². The summed E-state index contributed by atoms with van der Waals surface area (Å²) in [5, 5.41) is 0. The number of rotatable bonds is 6. The number of sulfonamides is 1. The zero-order valence-corrected chi connectivity index (χ0v) is 21.7. The Labute approximate surface area is 215 Å². The molecule has 0 radical (unpaired) electrons. The molecule has 0 aromatic carbocycles. The van der Waals surface area contributed by atoms with E-state index in [2.05, 4.69) is 4.98 Å². The van der Waals surface area contributed by atoms with Crippen LogP contribution in [0.5, 0.6) is 0 Å². The number of nitrogens with zero attached hydrogens (tertiary/aromatic N) is 2. The van der Waals surface area contributed by atoms with Crippen molar-refractivity contribution < 1.29 is 22.7 Å². The molecule has 1 saturated heterocycles. The molecule has 5 fully saturated rings. The second-order valence-electron chi connectivity index (χ2n) is 11.0. The Balaban J connectivity index is 1.11. The lowest BCUT2D eigenvalue weighted by molar-refractivity contribution is -0.199. The molecule has 2 N–H and O–H groups in total. The summed E-state index contributed by atoms with van der Waals surface area (Å²) < 4.78 is 34.3.